The molecule has 4 rings (SSSR count). The van der Waals surface area contributed by atoms with Crippen LogP contribution in [-0.2, 0) is 4.74 Å². The van der Waals surface area contributed by atoms with Crippen LogP contribution >= 0.6 is 0 Å². The molecule has 0 saturated carbocycles. The number of benzene rings is 1. The lowest BCUT2D eigenvalue weighted by molar-refractivity contribution is -0.0566. The highest BCUT2D eigenvalue weighted by Gasteiger charge is 2.37. The molecule has 128 valence electrons. The molecule has 0 aliphatic carbocycles. The number of amides is 1. The van der Waals surface area contributed by atoms with Crippen molar-refractivity contribution in [2.75, 3.05) is 26.3 Å². The standard InChI is InChI=1S/C17H22N4O3/c22-4-3-14-8-21-7-12(6-13(21)9-24-14)20-17(23)11-1-2-15-16(5-11)19-10-18-15/h1-2,5,10,12-14,22H,3-4,6-9H2,(H,18,19)(H,20,23)/t12-,13-,14-/m0/s1. The number of H-pyrrole nitrogens is 1. The summed E-state index contributed by atoms with van der Waals surface area (Å²) >= 11 is 0. The number of carbonyl (C=O) groups excluding carboxylic acids is 1. The number of fused-ring (bicyclic) bond motifs is 2. The molecule has 2 saturated heterocycles. The minimum Gasteiger partial charge on any atom is -0.396 e. The molecule has 0 bridgehead atoms. The number of morpholine rings is 1. The maximum atomic E-state index is 12.5. The molecule has 7 heteroatoms. The van der Waals surface area contributed by atoms with Crippen molar-refractivity contribution in [2.24, 2.45) is 0 Å². The number of aliphatic hydroxyl groups is 1. The summed E-state index contributed by atoms with van der Waals surface area (Å²) in [6.07, 6.45) is 3.31. The largest absolute Gasteiger partial charge is 0.396 e. The van der Waals surface area contributed by atoms with E-state index < -0.39 is 0 Å². The smallest absolute Gasteiger partial charge is 0.251 e. The van der Waals surface area contributed by atoms with E-state index in [0.717, 1.165) is 30.5 Å². The van der Waals surface area contributed by atoms with Crippen LogP contribution in [0.2, 0.25) is 0 Å². The van der Waals surface area contributed by atoms with E-state index in [1.165, 1.54) is 0 Å². The van der Waals surface area contributed by atoms with Crippen LogP contribution in [0.5, 0.6) is 0 Å². The molecule has 0 unspecified atom stereocenters. The maximum absolute atomic E-state index is 12.5. The highest BCUT2D eigenvalue weighted by Crippen LogP contribution is 2.24. The number of ether oxygens (including phenoxy) is 1. The van der Waals surface area contributed by atoms with Crippen LogP contribution in [0.15, 0.2) is 24.5 Å². The highest BCUT2D eigenvalue weighted by molar-refractivity contribution is 5.97. The SMILES string of the molecule is O=C(N[C@H]1C[C@H]2CO[C@@H](CCO)CN2C1)c1ccc2nc[nH]c2c1. The molecule has 2 aromatic rings. The van der Waals surface area contributed by atoms with Crippen molar-refractivity contribution in [3.8, 4) is 0 Å². The Hall–Kier alpha value is -1.96. The second-order valence-electron chi connectivity index (χ2n) is 6.62. The number of carbonyl (C=O) groups is 1. The number of rotatable bonds is 4. The summed E-state index contributed by atoms with van der Waals surface area (Å²) in [7, 11) is 0. The first kappa shape index (κ1) is 15.6. The summed E-state index contributed by atoms with van der Waals surface area (Å²) in [5.74, 6) is -0.0517. The fourth-order valence-electron chi connectivity index (χ4n) is 3.71. The predicted octanol–water partition coefficient (Wildman–Crippen LogP) is 0.517. The van der Waals surface area contributed by atoms with Crippen LogP contribution in [0, 0.1) is 0 Å². The molecule has 1 aromatic carbocycles. The Morgan fingerprint density at radius 1 is 1.46 bits per heavy atom. The third-order valence-corrected chi connectivity index (χ3v) is 4.96. The number of hydrogen-bond acceptors (Lipinski definition) is 5. The van der Waals surface area contributed by atoms with Gasteiger partial charge in [0.05, 0.1) is 30.1 Å². The molecule has 0 spiro atoms. The van der Waals surface area contributed by atoms with Gasteiger partial charge in [0.15, 0.2) is 0 Å². The molecule has 0 radical (unpaired) electrons. The molecule has 7 nitrogen and oxygen atoms in total. The number of aromatic amines is 1. The van der Waals surface area contributed by atoms with Gasteiger partial charge in [-0.15, -0.1) is 0 Å². The molecule has 3 atom stereocenters. The van der Waals surface area contributed by atoms with Gasteiger partial charge in [-0.2, -0.15) is 0 Å². The second-order valence-corrected chi connectivity index (χ2v) is 6.62. The molecule has 1 amide bonds. The van der Waals surface area contributed by atoms with Gasteiger partial charge < -0.3 is 20.1 Å². The zero-order chi connectivity index (χ0) is 16.5. The number of aromatic nitrogens is 2. The number of nitrogens with zero attached hydrogens (tertiary/aromatic N) is 2. The van der Waals surface area contributed by atoms with Crippen molar-refractivity contribution < 1.29 is 14.6 Å². The molecule has 24 heavy (non-hydrogen) atoms. The van der Waals surface area contributed by atoms with Crippen molar-refractivity contribution in [1.82, 2.24) is 20.2 Å². The third-order valence-electron chi connectivity index (χ3n) is 4.96. The van der Waals surface area contributed by atoms with Crippen LogP contribution < -0.4 is 5.32 Å². The van der Waals surface area contributed by atoms with E-state index in [2.05, 4.69) is 20.2 Å². The van der Waals surface area contributed by atoms with E-state index in [0.29, 0.717) is 24.6 Å². The van der Waals surface area contributed by atoms with E-state index >= 15 is 0 Å². The minimum absolute atomic E-state index is 0.0517. The van der Waals surface area contributed by atoms with Crippen LogP contribution in [0.25, 0.3) is 11.0 Å². The number of nitrogens with one attached hydrogen (secondary N) is 2. The molecule has 1 aromatic heterocycles. The van der Waals surface area contributed by atoms with Crippen molar-refractivity contribution in [3.63, 3.8) is 0 Å². The zero-order valence-corrected chi connectivity index (χ0v) is 13.4. The summed E-state index contributed by atoms with van der Waals surface area (Å²) in [5.41, 5.74) is 2.37. The van der Waals surface area contributed by atoms with Crippen molar-refractivity contribution >= 4 is 16.9 Å². The van der Waals surface area contributed by atoms with Crippen molar-refractivity contribution in [3.05, 3.63) is 30.1 Å². The molecular formula is C17H22N4O3. The monoisotopic (exact) mass is 330 g/mol. The fourth-order valence-corrected chi connectivity index (χ4v) is 3.71. The first-order chi connectivity index (χ1) is 11.7. The van der Waals surface area contributed by atoms with Crippen molar-refractivity contribution in [1.29, 1.82) is 0 Å². The Morgan fingerprint density at radius 3 is 3.25 bits per heavy atom. The Balaban J connectivity index is 1.38. The van der Waals surface area contributed by atoms with E-state index in [9.17, 15) is 4.79 Å². The topological polar surface area (TPSA) is 90.5 Å². The van der Waals surface area contributed by atoms with E-state index in [-0.39, 0.29) is 24.7 Å². The molecule has 3 heterocycles. The lowest BCUT2D eigenvalue weighted by atomic mass is 10.1. The fraction of sp³-hybridized carbons (Fsp3) is 0.529. The van der Waals surface area contributed by atoms with E-state index in [4.69, 9.17) is 9.84 Å². The van der Waals surface area contributed by atoms with E-state index in [1.54, 1.807) is 12.4 Å². The Kier molecular flexibility index (Phi) is 4.22. The average Bonchev–Trinajstić information content (AvgIpc) is 3.19. The number of aliphatic hydroxyl groups excluding tert-OH is 1. The Bertz CT molecular complexity index is 731. The molecule has 2 aliphatic rings. The van der Waals surface area contributed by atoms with Gasteiger partial charge in [-0.3, -0.25) is 9.69 Å². The first-order valence-corrected chi connectivity index (χ1v) is 8.43. The third kappa shape index (κ3) is 3.02. The van der Waals surface area contributed by atoms with Gasteiger partial charge in [-0.1, -0.05) is 0 Å². The zero-order valence-electron chi connectivity index (χ0n) is 13.4. The molecule has 2 fully saturated rings. The van der Waals surface area contributed by atoms with Gasteiger partial charge in [0.2, 0.25) is 0 Å². The number of imidazole rings is 1. The first-order valence-electron chi connectivity index (χ1n) is 8.43. The van der Waals surface area contributed by atoms with Gasteiger partial charge in [0.25, 0.3) is 5.91 Å². The summed E-state index contributed by atoms with van der Waals surface area (Å²) < 4.78 is 5.78. The highest BCUT2D eigenvalue weighted by atomic mass is 16.5. The molecular weight excluding hydrogens is 308 g/mol. The van der Waals surface area contributed by atoms with E-state index in [1.807, 2.05) is 12.1 Å². The van der Waals surface area contributed by atoms with Crippen LogP contribution in [0.3, 0.4) is 0 Å². The number of hydrogen-bond donors (Lipinski definition) is 3. The van der Waals surface area contributed by atoms with Crippen molar-refractivity contribution in [2.45, 2.75) is 31.0 Å². The van der Waals surface area contributed by atoms with Crippen LogP contribution in [0.1, 0.15) is 23.2 Å². The Morgan fingerprint density at radius 2 is 2.38 bits per heavy atom. The lowest BCUT2D eigenvalue weighted by Gasteiger charge is -2.34. The van der Waals surface area contributed by atoms with Crippen LogP contribution in [0.4, 0.5) is 0 Å². The van der Waals surface area contributed by atoms with Gasteiger partial charge in [-0.25, -0.2) is 4.98 Å². The average molecular weight is 330 g/mol. The summed E-state index contributed by atoms with van der Waals surface area (Å²) in [5, 5.41) is 12.2. The normalized spacial score (nSPS) is 27.3. The van der Waals surface area contributed by atoms with Gasteiger partial charge >= 0.3 is 0 Å². The van der Waals surface area contributed by atoms with Crippen LogP contribution in [-0.4, -0.2) is 70.4 Å². The summed E-state index contributed by atoms with van der Waals surface area (Å²) in [6, 6.07) is 5.99. The lowest BCUT2D eigenvalue weighted by Crippen LogP contribution is -2.46. The minimum atomic E-state index is -0.0517. The second kappa shape index (κ2) is 6.51. The molecule has 2 aliphatic heterocycles. The molecule has 3 N–H and O–H groups in total. The van der Waals surface area contributed by atoms with Gasteiger partial charge in [-0.05, 0) is 31.0 Å². The Labute approximate surface area is 140 Å². The summed E-state index contributed by atoms with van der Waals surface area (Å²) in [4.78, 5) is 22.1. The quantitative estimate of drug-likeness (QED) is 0.760. The maximum Gasteiger partial charge on any atom is 0.251 e. The predicted molar refractivity (Wildman–Crippen MR) is 88.8 cm³/mol. The van der Waals surface area contributed by atoms with Gasteiger partial charge in [0.1, 0.15) is 0 Å². The van der Waals surface area contributed by atoms with Gasteiger partial charge in [0, 0.05) is 37.3 Å². The summed E-state index contributed by atoms with van der Waals surface area (Å²) in [6.45, 7) is 2.50.